The fraction of sp³-hybridized carbons (Fsp3) is 0.412. The first kappa shape index (κ1) is 16.2. The predicted octanol–water partition coefficient (Wildman–Crippen LogP) is 1.15. The number of rotatable bonds is 4. The zero-order valence-electron chi connectivity index (χ0n) is 13.4. The average Bonchev–Trinajstić information content (AvgIpc) is 3.09. The number of aromatic nitrogens is 2. The molecule has 1 fully saturated rings. The van der Waals surface area contributed by atoms with Gasteiger partial charge in [0, 0.05) is 18.5 Å². The molecule has 1 aliphatic rings. The standard InChI is InChI=1S/C17H19N3O4/c1-20-16(22)13-9-5-4-8-12(13)15(19-20)17(23)24-10-14(21)18-11-6-2-3-7-11/h4-5,8-9,11H,2-3,6-7,10H2,1H3,(H,18,21). The SMILES string of the molecule is Cn1nc(C(=O)OCC(=O)NC2CCCC2)c2ccccc2c1=O. The highest BCUT2D eigenvalue weighted by molar-refractivity contribution is 6.02. The highest BCUT2D eigenvalue weighted by Crippen LogP contribution is 2.17. The van der Waals surface area contributed by atoms with E-state index in [0.717, 1.165) is 30.4 Å². The van der Waals surface area contributed by atoms with Crippen LogP contribution >= 0.6 is 0 Å². The maximum Gasteiger partial charge on any atom is 0.359 e. The van der Waals surface area contributed by atoms with E-state index < -0.39 is 5.97 Å². The molecule has 1 aliphatic carbocycles. The first-order valence-corrected chi connectivity index (χ1v) is 7.99. The number of amides is 1. The van der Waals surface area contributed by atoms with Crippen LogP contribution in [0.5, 0.6) is 0 Å². The van der Waals surface area contributed by atoms with Gasteiger partial charge in [0.05, 0.1) is 5.39 Å². The second kappa shape index (κ2) is 6.82. The number of carbonyl (C=O) groups is 2. The maximum atomic E-state index is 12.3. The molecule has 0 unspecified atom stereocenters. The molecule has 0 aliphatic heterocycles. The lowest BCUT2D eigenvalue weighted by Crippen LogP contribution is -2.36. The van der Waals surface area contributed by atoms with E-state index in [1.165, 1.54) is 7.05 Å². The minimum atomic E-state index is -0.719. The third-order valence-corrected chi connectivity index (χ3v) is 4.20. The van der Waals surface area contributed by atoms with Crippen LogP contribution in [0, 0.1) is 0 Å². The highest BCUT2D eigenvalue weighted by Gasteiger charge is 2.20. The molecule has 126 valence electrons. The molecule has 3 rings (SSSR count). The van der Waals surface area contributed by atoms with Gasteiger partial charge in [-0.1, -0.05) is 31.0 Å². The lowest BCUT2D eigenvalue weighted by molar-refractivity contribution is -0.124. The third-order valence-electron chi connectivity index (χ3n) is 4.20. The van der Waals surface area contributed by atoms with Crippen LogP contribution in [0.25, 0.3) is 10.8 Å². The summed E-state index contributed by atoms with van der Waals surface area (Å²) in [5.74, 6) is -1.03. The van der Waals surface area contributed by atoms with Gasteiger partial charge in [-0.25, -0.2) is 9.48 Å². The molecular formula is C17H19N3O4. The van der Waals surface area contributed by atoms with Crippen LogP contribution in [0.2, 0.25) is 0 Å². The highest BCUT2D eigenvalue weighted by atomic mass is 16.5. The molecule has 0 spiro atoms. The number of aryl methyl sites for hydroxylation is 1. The Kier molecular flexibility index (Phi) is 4.59. The normalized spacial score (nSPS) is 14.7. The molecule has 0 saturated heterocycles. The van der Waals surface area contributed by atoms with Gasteiger partial charge in [0.25, 0.3) is 11.5 Å². The summed E-state index contributed by atoms with van der Waals surface area (Å²) < 4.78 is 6.17. The third kappa shape index (κ3) is 3.29. The number of carbonyl (C=O) groups excluding carboxylic acids is 2. The maximum absolute atomic E-state index is 12.3. The van der Waals surface area contributed by atoms with Gasteiger partial charge in [0.15, 0.2) is 12.3 Å². The Labute approximate surface area is 138 Å². The van der Waals surface area contributed by atoms with Crippen LogP contribution in [-0.4, -0.2) is 34.3 Å². The van der Waals surface area contributed by atoms with Crippen LogP contribution in [0.3, 0.4) is 0 Å². The predicted molar refractivity (Wildman–Crippen MR) is 87.7 cm³/mol. The quantitative estimate of drug-likeness (QED) is 0.850. The van der Waals surface area contributed by atoms with Gasteiger partial charge < -0.3 is 10.1 Å². The molecule has 7 heteroatoms. The zero-order valence-corrected chi connectivity index (χ0v) is 13.4. The number of ether oxygens (including phenoxy) is 1. The second-order valence-corrected chi connectivity index (χ2v) is 5.95. The molecule has 1 amide bonds. The molecule has 1 aromatic heterocycles. The number of esters is 1. The molecule has 0 bridgehead atoms. The summed E-state index contributed by atoms with van der Waals surface area (Å²) in [6.45, 7) is -0.353. The number of nitrogens with one attached hydrogen (secondary N) is 1. The van der Waals surface area contributed by atoms with Crippen LogP contribution in [0.4, 0.5) is 0 Å². The fourth-order valence-electron chi connectivity index (χ4n) is 2.99. The Balaban J connectivity index is 1.73. The number of nitrogens with zero attached hydrogens (tertiary/aromatic N) is 2. The summed E-state index contributed by atoms with van der Waals surface area (Å²) in [4.78, 5) is 36.2. The Hall–Kier alpha value is -2.70. The summed E-state index contributed by atoms with van der Waals surface area (Å²) in [6, 6.07) is 6.87. The van der Waals surface area contributed by atoms with Crippen LogP contribution < -0.4 is 10.9 Å². The number of fused-ring (bicyclic) bond motifs is 1. The van der Waals surface area contributed by atoms with Gasteiger partial charge >= 0.3 is 5.97 Å². The number of benzene rings is 1. The Morgan fingerprint density at radius 1 is 1.25 bits per heavy atom. The van der Waals surface area contributed by atoms with E-state index in [1.54, 1.807) is 24.3 Å². The van der Waals surface area contributed by atoms with Crippen molar-refractivity contribution in [3.05, 3.63) is 40.3 Å². The van der Waals surface area contributed by atoms with Crippen molar-refractivity contribution in [3.8, 4) is 0 Å². The first-order valence-electron chi connectivity index (χ1n) is 7.99. The van der Waals surface area contributed by atoms with E-state index in [0.29, 0.717) is 10.8 Å². The van der Waals surface area contributed by atoms with Gasteiger partial charge in [0.2, 0.25) is 0 Å². The minimum absolute atomic E-state index is 0.0290. The zero-order chi connectivity index (χ0) is 17.1. The largest absolute Gasteiger partial charge is 0.451 e. The Morgan fingerprint density at radius 3 is 2.62 bits per heavy atom. The summed E-state index contributed by atoms with van der Waals surface area (Å²) >= 11 is 0. The van der Waals surface area contributed by atoms with E-state index in [1.807, 2.05) is 0 Å². The van der Waals surface area contributed by atoms with Gasteiger partial charge in [-0.3, -0.25) is 9.59 Å². The van der Waals surface area contributed by atoms with Crippen LogP contribution in [0.15, 0.2) is 29.1 Å². The van der Waals surface area contributed by atoms with Crippen molar-refractivity contribution < 1.29 is 14.3 Å². The fourth-order valence-corrected chi connectivity index (χ4v) is 2.99. The smallest absolute Gasteiger partial charge is 0.359 e. The lowest BCUT2D eigenvalue weighted by atomic mass is 10.1. The first-order chi connectivity index (χ1) is 11.6. The molecular weight excluding hydrogens is 310 g/mol. The van der Waals surface area contributed by atoms with E-state index in [9.17, 15) is 14.4 Å². The monoisotopic (exact) mass is 329 g/mol. The van der Waals surface area contributed by atoms with Crippen molar-refractivity contribution in [3.63, 3.8) is 0 Å². The molecule has 1 saturated carbocycles. The van der Waals surface area contributed by atoms with Crippen molar-refractivity contribution in [2.75, 3.05) is 6.61 Å². The lowest BCUT2D eigenvalue weighted by Gasteiger charge is -2.12. The molecule has 1 aromatic carbocycles. The summed E-state index contributed by atoms with van der Waals surface area (Å²) in [7, 11) is 1.47. The summed E-state index contributed by atoms with van der Waals surface area (Å²) in [5.41, 5.74) is -0.262. The van der Waals surface area contributed by atoms with E-state index >= 15 is 0 Å². The molecule has 1 N–H and O–H groups in total. The van der Waals surface area contributed by atoms with Crippen molar-refractivity contribution in [1.29, 1.82) is 0 Å². The van der Waals surface area contributed by atoms with Gasteiger partial charge in [-0.15, -0.1) is 0 Å². The Bertz CT molecular complexity index is 837. The molecule has 7 nitrogen and oxygen atoms in total. The topological polar surface area (TPSA) is 90.3 Å². The summed E-state index contributed by atoms with van der Waals surface area (Å²) in [6.07, 6.45) is 4.15. The molecule has 2 aromatic rings. The number of hydrogen-bond donors (Lipinski definition) is 1. The van der Waals surface area contributed by atoms with Crippen molar-refractivity contribution in [2.24, 2.45) is 7.05 Å². The van der Waals surface area contributed by atoms with E-state index in [-0.39, 0.29) is 29.8 Å². The van der Waals surface area contributed by atoms with Crippen molar-refractivity contribution in [2.45, 2.75) is 31.7 Å². The summed E-state index contributed by atoms with van der Waals surface area (Å²) in [5, 5.41) is 7.64. The Morgan fingerprint density at radius 2 is 1.92 bits per heavy atom. The van der Waals surface area contributed by atoms with Gasteiger partial charge in [0.1, 0.15) is 0 Å². The second-order valence-electron chi connectivity index (χ2n) is 5.95. The van der Waals surface area contributed by atoms with E-state index in [2.05, 4.69) is 10.4 Å². The van der Waals surface area contributed by atoms with Gasteiger partial charge in [-0.05, 0) is 18.9 Å². The van der Waals surface area contributed by atoms with Crippen LogP contribution in [0.1, 0.15) is 36.2 Å². The van der Waals surface area contributed by atoms with Crippen LogP contribution in [-0.2, 0) is 16.6 Å². The van der Waals surface area contributed by atoms with Crippen molar-refractivity contribution in [1.82, 2.24) is 15.1 Å². The van der Waals surface area contributed by atoms with E-state index in [4.69, 9.17) is 4.74 Å². The molecule has 24 heavy (non-hydrogen) atoms. The average molecular weight is 329 g/mol. The minimum Gasteiger partial charge on any atom is -0.451 e. The van der Waals surface area contributed by atoms with Crippen molar-refractivity contribution >= 4 is 22.6 Å². The molecule has 1 heterocycles. The molecule has 0 radical (unpaired) electrons. The number of hydrogen-bond acceptors (Lipinski definition) is 5. The molecule has 0 atom stereocenters. The van der Waals surface area contributed by atoms with Gasteiger partial charge in [-0.2, -0.15) is 5.10 Å².